The molecule has 4 N–H and O–H groups in total. The smallest absolute Gasteiger partial charge is 0.238 e. The highest BCUT2D eigenvalue weighted by Gasteiger charge is 2.18. The average molecular weight is 341 g/mol. The molecule has 1 aromatic carbocycles. The third kappa shape index (κ3) is 5.04. The first kappa shape index (κ1) is 16.9. The molecule has 1 amide bonds. The summed E-state index contributed by atoms with van der Waals surface area (Å²) in [6.45, 7) is 0. The average Bonchev–Trinajstić information content (AvgIpc) is 2.90. The van der Waals surface area contributed by atoms with Crippen molar-refractivity contribution in [3.8, 4) is 0 Å². The summed E-state index contributed by atoms with van der Waals surface area (Å²) >= 11 is 5.07. The molecule has 1 aromatic rings. The van der Waals surface area contributed by atoms with Crippen LogP contribution in [0.15, 0.2) is 29.2 Å². The molecule has 0 spiro atoms. The largest absolute Gasteiger partial charge is 0.332 e. The van der Waals surface area contributed by atoms with Gasteiger partial charge in [-0.25, -0.2) is 13.6 Å². The minimum absolute atomic E-state index is 0.0224. The monoisotopic (exact) mass is 341 g/mol. The highest BCUT2D eigenvalue weighted by atomic mass is 32.2. The van der Waals surface area contributed by atoms with Crippen molar-refractivity contribution in [3.05, 3.63) is 24.3 Å². The molecule has 0 saturated heterocycles. The molecular formula is C14H19N3O3S2. The van der Waals surface area contributed by atoms with Gasteiger partial charge in [0.2, 0.25) is 15.9 Å². The van der Waals surface area contributed by atoms with Gasteiger partial charge in [-0.05, 0) is 55.2 Å². The predicted octanol–water partition coefficient (Wildman–Crippen LogP) is 1.73. The van der Waals surface area contributed by atoms with E-state index < -0.39 is 10.0 Å². The van der Waals surface area contributed by atoms with E-state index in [9.17, 15) is 13.2 Å². The molecule has 0 atom stereocenters. The van der Waals surface area contributed by atoms with E-state index >= 15 is 0 Å². The number of nitrogens with two attached hydrogens (primary N) is 1. The van der Waals surface area contributed by atoms with Crippen LogP contribution in [0, 0.1) is 5.92 Å². The second kappa shape index (κ2) is 7.17. The van der Waals surface area contributed by atoms with Crippen LogP contribution in [0.4, 0.5) is 5.69 Å². The van der Waals surface area contributed by atoms with Crippen molar-refractivity contribution in [2.24, 2.45) is 11.1 Å². The van der Waals surface area contributed by atoms with Gasteiger partial charge in [-0.2, -0.15) is 0 Å². The summed E-state index contributed by atoms with van der Waals surface area (Å²) in [5, 5.41) is 10.7. The van der Waals surface area contributed by atoms with Gasteiger partial charge in [0.05, 0.1) is 4.90 Å². The minimum atomic E-state index is -3.71. The summed E-state index contributed by atoms with van der Waals surface area (Å²) in [5.74, 6) is 0.363. The molecule has 1 aliphatic rings. The lowest BCUT2D eigenvalue weighted by Gasteiger charge is -2.12. The van der Waals surface area contributed by atoms with E-state index in [4.69, 9.17) is 17.4 Å². The van der Waals surface area contributed by atoms with E-state index in [1.165, 1.54) is 37.1 Å². The van der Waals surface area contributed by atoms with Crippen molar-refractivity contribution in [3.63, 3.8) is 0 Å². The van der Waals surface area contributed by atoms with E-state index in [1.807, 2.05) is 0 Å². The number of carbonyl (C=O) groups is 1. The predicted molar refractivity (Wildman–Crippen MR) is 88.8 cm³/mol. The Bertz CT molecular complexity index is 650. The quantitative estimate of drug-likeness (QED) is 0.724. The molecule has 2 rings (SSSR count). The number of thiocarbonyl (C=S) groups is 1. The Kier molecular flexibility index (Phi) is 5.49. The zero-order valence-corrected chi connectivity index (χ0v) is 13.7. The van der Waals surface area contributed by atoms with Gasteiger partial charge in [0.15, 0.2) is 5.11 Å². The number of nitrogens with one attached hydrogen (secondary N) is 2. The summed E-state index contributed by atoms with van der Waals surface area (Å²) in [6, 6.07) is 5.82. The lowest BCUT2D eigenvalue weighted by Crippen LogP contribution is -2.34. The van der Waals surface area contributed by atoms with Crippen LogP contribution in [0.2, 0.25) is 0 Å². The standard InChI is InChI=1S/C14H19N3O3S2/c15-22(19,20)12-7-5-11(6-8-12)16-14(21)17-13(18)9-10-3-1-2-4-10/h5-8,10H,1-4,9H2,(H2,15,19,20)(H2,16,17,18,21). The van der Waals surface area contributed by atoms with Crippen molar-refractivity contribution in [1.82, 2.24) is 5.32 Å². The maximum absolute atomic E-state index is 11.9. The van der Waals surface area contributed by atoms with Gasteiger partial charge in [0.25, 0.3) is 0 Å². The Balaban J connectivity index is 1.84. The first-order valence-electron chi connectivity index (χ1n) is 7.08. The number of benzene rings is 1. The van der Waals surface area contributed by atoms with Gasteiger partial charge in [0.1, 0.15) is 0 Å². The molecule has 0 unspecified atom stereocenters. The normalized spacial score (nSPS) is 15.5. The maximum Gasteiger partial charge on any atom is 0.238 e. The molecule has 0 heterocycles. The van der Waals surface area contributed by atoms with E-state index in [1.54, 1.807) is 0 Å². The fourth-order valence-corrected chi connectivity index (χ4v) is 3.29. The first-order valence-corrected chi connectivity index (χ1v) is 9.04. The van der Waals surface area contributed by atoms with Crippen molar-refractivity contribution < 1.29 is 13.2 Å². The molecule has 0 aliphatic heterocycles. The van der Waals surface area contributed by atoms with Gasteiger partial charge in [0, 0.05) is 12.1 Å². The Morgan fingerprint density at radius 2 is 1.82 bits per heavy atom. The molecule has 120 valence electrons. The van der Waals surface area contributed by atoms with Crippen molar-refractivity contribution in [2.75, 3.05) is 5.32 Å². The van der Waals surface area contributed by atoms with Crippen LogP contribution >= 0.6 is 12.2 Å². The van der Waals surface area contributed by atoms with Crippen LogP contribution in [-0.2, 0) is 14.8 Å². The fourth-order valence-electron chi connectivity index (χ4n) is 2.54. The van der Waals surface area contributed by atoms with E-state index in [2.05, 4.69) is 10.6 Å². The molecule has 1 fully saturated rings. The van der Waals surface area contributed by atoms with Gasteiger partial charge < -0.3 is 10.6 Å². The number of sulfonamides is 1. The van der Waals surface area contributed by atoms with Gasteiger partial charge in [-0.15, -0.1) is 0 Å². The number of amides is 1. The Morgan fingerprint density at radius 1 is 1.23 bits per heavy atom. The lowest BCUT2D eigenvalue weighted by atomic mass is 10.0. The molecule has 0 aromatic heterocycles. The molecule has 6 nitrogen and oxygen atoms in total. The Labute approximate surface area is 135 Å². The Hall–Kier alpha value is -1.51. The SMILES string of the molecule is NS(=O)(=O)c1ccc(NC(=S)NC(=O)CC2CCCC2)cc1. The topological polar surface area (TPSA) is 101 Å². The highest BCUT2D eigenvalue weighted by Crippen LogP contribution is 2.27. The van der Waals surface area contributed by atoms with Crippen LogP contribution in [0.5, 0.6) is 0 Å². The highest BCUT2D eigenvalue weighted by molar-refractivity contribution is 7.89. The van der Waals surface area contributed by atoms with Crippen LogP contribution in [0.1, 0.15) is 32.1 Å². The number of hydrogen-bond donors (Lipinski definition) is 3. The number of carbonyl (C=O) groups excluding carboxylic acids is 1. The van der Waals surface area contributed by atoms with Gasteiger partial charge in [-0.3, -0.25) is 4.79 Å². The zero-order chi connectivity index (χ0) is 16.2. The van der Waals surface area contributed by atoms with Crippen molar-refractivity contribution in [2.45, 2.75) is 37.0 Å². The van der Waals surface area contributed by atoms with Crippen LogP contribution in [-0.4, -0.2) is 19.4 Å². The second-order valence-electron chi connectivity index (χ2n) is 5.43. The number of rotatable bonds is 4. The molecule has 8 heteroatoms. The Morgan fingerprint density at radius 3 is 2.36 bits per heavy atom. The third-order valence-electron chi connectivity index (χ3n) is 3.64. The molecule has 0 radical (unpaired) electrons. The van der Waals surface area contributed by atoms with Crippen LogP contribution in [0.25, 0.3) is 0 Å². The van der Waals surface area contributed by atoms with E-state index in [0.29, 0.717) is 18.0 Å². The number of hydrogen-bond acceptors (Lipinski definition) is 4. The summed E-state index contributed by atoms with van der Waals surface area (Å²) in [4.78, 5) is 11.9. The van der Waals surface area contributed by atoms with Crippen molar-refractivity contribution >= 4 is 38.9 Å². The molecule has 22 heavy (non-hydrogen) atoms. The fraction of sp³-hybridized carbons (Fsp3) is 0.429. The summed E-state index contributed by atoms with van der Waals surface area (Å²) in [7, 11) is -3.71. The summed E-state index contributed by atoms with van der Waals surface area (Å²) < 4.78 is 22.3. The minimum Gasteiger partial charge on any atom is -0.332 e. The molecule has 1 saturated carbocycles. The van der Waals surface area contributed by atoms with E-state index in [0.717, 1.165) is 12.8 Å². The summed E-state index contributed by atoms with van der Waals surface area (Å²) in [5.41, 5.74) is 0.582. The van der Waals surface area contributed by atoms with Gasteiger partial charge in [-0.1, -0.05) is 12.8 Å². The molecule has 0 bridgehead atoms. The number of primary sulfonamides is 1. The van der Waals surface area contributed by atoms with Gasteiger partial charge >= 0.3 is 0 Å². The summed E-state index contributed by atoms with van der Waals surface area (Å²) in [6.07, 6.45) is 5.07. The van der Waals surface area contributed by atoms with E-state index in [-0.39, 0.29) is 15.9 Å². The van der Waals surface area contributed by atoms with Crippen molar-refractivity contribution in [1.29, 1.82) is 0 Å². The third-order valence-corrected chi connectivity index (χ3v) is 4.78. The lowest BCUT2D eigenvalue weighted by molar-refractivity contribution is -0.120. The maximum atomic E-state index is 11.9. The van der Waals surface area contributed by atoms with Crippen LogP contribution < -0.4 is 15.8 Å². The second-order valence-corrected chi connectivity index (χ2v) is 7.40. The molecule has 1 aliphatic carbocycles. The molecular weight excluding hydrogens is 322 g/mol. The first-order chi connectivity index (χ1) is 10.3. The number of anilines is 1. The zero-order valence-electron chi connectivity index (χ0n) is 12.0. The van der Waals surface area contributed by atoms with Crippen LogP contribution in [0.3, 0.4) is 0 Å².